The summed E-state index contributed by atoms with van der Waals surface area (Å²) in [7, 11) is 0. The van der Waals surface area contributed by atoms with Gasteiger partial charge in [0.1, 0.15) is 12.4 Å². The van der Waals surface area contributed by atoms with Gasteiger partial charge in [-0.05, 0) is 30.9 Å². The molecule has 138 valence electrons. The summed E-state index contributed by atoms with van der Waals surface area (Å²) in [5, 5.41) is 0. The summed E-state index contributed by atoms with van der Waals surface area (Å²) >= 11 is 0. The average Bonchev–Trinajstić information content (AvgIpc) is 2.56. The highest BCUT2D eigenvalue weighted by atomic mass is 16.5. The smallest absolute Gasteiger partial charge is 0.270 e. The minimum Gasteiger partial charge on any atom is -0.476 e. The Hall–Kier alpha value is -2.31. The predicted molar refractivity (Wildman–Crippen MR) is 97.4 cm³/mol. The number of nitrogen functional groups attached to an aromatic ring is 1. The highest BCUT2D eigenvalue weighted by molar-refractivity contribution is 6.03. The second-order valence-electron chi connectivity index (χ2n) is 6.65. The molecule has 2 rings (SSSR count). The highest BCUT2D eigenvalue weighted by Gasteiger charge is 2.38. The van der Waals surface area contributed by atoms with Crippen molar-refractivity contribution < 1.29 is 14.3 Å². The van der Waals surface area contributed by atoms with Gasteiger partial charge in [0.05, 0.1) is 0 Å². The second-order valence-corrected chi connectivity index (χ2v) is 6.65. The number of carbonyl (C=O) groups excluding carboxylic acids is 2. The molecular formula is C18H28N4O3. The van der Waals surface area contributed by atoms with Crippen LogP contribution in [0.5, 0.6) is 5.75 Å². The first-order valence-corrected chi connectivity index (χ1v) is 8.91. The number of anilines is 2. The van der Waals surface area contributed by atoms with Gasteiger partial charge in [-0.25, -0.2) is 4.98 Å². The second kappa shape index (κ2) is 8.18. The summed E-state index contributed by atoms with van der Waals surface area (Å²) in [5.41, 5.74) is 5.77. The molecule has 0 saturated carbocycles. The standard InChI is InChI=1S/C18H28N4O3/c1-5-9-21(10-6-2)15(23)11-22-17-13(7-8-14(19)20-17)25-16(12(3)4)18(22)24/h7-8,12,16H,5-6,9-11H2,1-4H3,(H2,19,20). The van der Waals surface area contributed by atoms with Crippen LogP contribution in [0.1, 0.15) is 40.5 Å². The van der Waals surface area contributed by atoms with Crippen LogP contribution in [0, 0.1) is 5.92 Å². The fourth-order valence-electron chi connectivity index (χ4n) is 2.89. The lowest BCUT2D eigenvalue weighted by atomic mass is 10.0. The van der Waals surface area contributed by atoms with Crippen LogP contribution in [0.3, 0.4) is 0 Å². The van der Waals surface area contributed by atoms with E-state index in [9.17, 15) is 9.59 Å². The monoisotopic (exact) mass is 348 g/mol. The maximum atomic E-state index is 12.9. The fourth-order valence-corrected chi connectivity index (χ4v) is 2.89. The van der Waals surface area contributed by atoms with Crippen molar-refractivity contribution in [1.82, 2.24) is 9.88 Å². The molecule has 1 aliphatic rings. The molecule has 7 nitrogen and oxygen atoms in total. The zero-order chi connectivity index (χ0) is 18.6. The molecule has 0 saturated heterocycles. The first-order chi connectivity index (χ1) is 11.9. The Morgan fingerprint density at radius 3 is 2.52 bits per heavy atom. The minimum atomic E-state index is -0.628. The maximum absolute atomic E-state index is 12.9. The van der Waals surface area contributed by atoms with Gasteiger partial charge in [0.2, 0.25) is 5.91 Å². The molecule has 2 amide bonds. The summed E-state index contributed by atoms with van der Waals surface area (Å²) in [6.07, 6.45) is 1.12. The number of hydrogen-bond acceptors (Lipinski definition) is 5. The molecule has 1 unspecified atom stereocenters. The molecule has 7 heteroatoms. The molecule has 1 aromatic rings. The van der Waals surface area contributed by atoms with Gasteiger partial charge in [0, 0.05) is 13.1 Å². The van der Waals surface area contributed by atoms with E-state index < -0.39 is 6.10 Å². The Morgan fingerprint density at radius 1 is 1.32 bits per heavy atom. The number of carbonyl (C=O) groups is 2. The molecule has 2 N–H and O–H groups in total. The van der Waals surface area contributed by atoms with Crippen LogP contribution >= 0.6 is 0 Å². The van der Waals surface area contributed by atoms with E-state index >= 15 is 0 Å². The summed E-state index contributed by atoms with van der Waals surface area (Å²) in [4.78, 5) is 33.0. The quantitative estimate of drug-likeness (QED) is 0.815. The summed E-state index contributed by atoms with van der Waals surface area (Å²) in [5.74, 6) is 0.743. The van der Waals surface area contributed by atoms with Crippen molar-refractivity contribution in [3.05, 3.63) is 12.1 Å². The van der Waals surface area contributed by atoms with E-state index in [1.807, 2.05) is 27.7 Å². The van der Waals surface area contributed by atoms with E-state index in [4.69, 9.17) is 10.5 Å². The third kappa shape index (κ3) is 4.21. The van der Waals surface area contributed by atoms with Crippen LogP contribution in [0.25, 0.3) is 0 Å². The number of hydrogen-bond donors (Lipinski definition) is 1. The Kier molecular flexibility index (Phi) is 6.22. The predicted octanol–water partition coefficient (Wildman–Crippen LogP) is 2.06. The van der Waals surface area contributed by atoms with Crippen molar-refractivity contribution in [1.29, 1.82) is 0 Å². The number of rotatable bonds is 7. The molecule has 1 aliphatic heterocycles. The van der Waals surface area contributed by atoms with E-state index in [1.54, 1.807) is 17.0 Å². The summed E-state index contributed by atoms with van der Waals surface area (Å²) in [6.45, 7) is 9.20. The first-order valence-electron chi connectivity index (χ1n) is 8.91. The third-order valence-electron chi connectivity index (χ3n) is 4.12. The Balaban J connectivity index is 2.32. The molecular weight excluding hydrogens is 320 g/mol. The van der Waals surface area contributed by atoms with Crippen molar-refractivity contribution in [3.8, 4) is 5.75 Å². The lowest BCUT2D eigenvalue weighted by Crippen LogP contribution is -2.52. The van der Waals surface area contributed by atoms with Crippen molar-refractivity contribution in [3.63, 3.8) is 0 Å². The van der Waals surface area contributed by atoms with Gasteiger partial charge < -0.3 is 15.4 Å². The molecule has 0 bridgehead atoms. The zero-order valence-electron chi connectivity index (χ0n) is 15.5. The number of pyridine rings is 1. The number of aromatic nitrogens is 1. The molecule has 0 spiro atoms. The molecule has 0 aromatic carbocycles. The van der Waals surface area contributed by atoms with Crippen molar-refractivity contribution in [2.24, 2.45) is 5.92 Å². The Bertz CT molecular complexity index is 627. The number of ether oxygens (including phenoxy) is 1. The molecule has 25 heavy (non-hydrogen) atoms. The van der Waals surface area contributed by atoms with Gasteiger partial charge in [-0.2, -0.15) is 0 Å². The minimum absolute atomic E-state index is 0.0156. The Morgan fingerprint density at radius 2 is 1.96 bits per heavy atom. The van der Waals surface area contributed by atoms with Crippen LogP contribution in [0.2, 0.25) is 0 Å². The molecule has 0 aliphatic carbocycles. The largest absolute Gasteiger partial charge is 0.476 e. The molecule has 2 heterocycles. The van der Waals surface area contributed by atoms with Gasteiger partial charge in [-0.1, -0.05) is 27.7 Å². The van der Waals surface area contributed by atoms with Crippen LogP contribution in [0.15, 0.2) is 12.1 Å². The van der Waals surface area contributed by atoms with Crippen LogP contribution < -0.4 is 15.4 Å². The molecule has 0 radical (unpaired) electrons. The lowest BCUT2D eigenvalue weighted by Gasteiger charge is -2.35. The summed E-state index contributed by atoms with van der Waals surface area (Å²) < 4.78 is 5.79. The Labute approximate surface area is 149 Å². The topological polar surface area (TPSA) is 88.8 Å². The zero-order valence-corrected chi connectivity index (χ0v) is 15.5. The van der Waals surface area contributed by atoms with Gasteiger partial charge >= 0.3 is 0 Å². The first kappa shape index (κ1) is 19.0. The van der Waals surface area contributed by atoms with Gasteiger partial charge in [-0.3, -0.25) is 14.5 Å². The summed E-state index contributed by atoms with van der Waals surface area (Å²) in [6, 6.07) is 3.33. The van der Waals surface area contributed by atoms with E-state index in [1.165, 1.54) is 4.90 Å². The number of nitrogens with two attached hydrogens (primary N) is 1. The third-order valence-corrected chi connectivity index (χ3v) is 4.12. The van der Waals surface area contributed by atoms with Gasteiger partial charge in [0.15, 0.2) is 17.7 Å². The maximum Gasteiger partial charge on any atom is 0.270 e. The molecule has 1 aromatic heterocycles. The number of amides is 2. The number of fused-ring (bicyclic) bond motifs is 1. The highest BCUT2D eigenvalue weighted by Crippen LogP contribution is 2.34. The van der Waals surface area contributed by atoms with Gasteiger partial charge in [-0.15, -0.1) is 0 Å². The molecule has 1 atom stereocenters. The van der Waals surface area contributed by atoms with E-state index in [0.717, 1.165) is 12.8 Å². The molecule has 0 fully saturated rings. The average molecular weight is 348 g/mol. The van der Waals surface area contributed by atoms with Gasteiger partial charge in [0.25, 0.3) is 5.91 Å². The van der Waals surface area contributed by atoms with E-state index in [-0.39, 0.29) is 30.1 Å². The van der Waals surface area contributed by atoms with Crippen LogP contribution in [-0.2, 0) is 9.59 Å². The van der Waals surface area contributed by atoms with E-state index in [0.29, 0.717) is 24.7 Å². The van der Waals surface area contributed by atoms with Crippen LogP contribution in [-0.4, -0.2) is 47.4 Å². The van der Waals surface area contributed by atoms with Crippen LogP contribution in [0.4, 0.5) is 11.6 Å². The van der Waals surface area contributed by atoms with Crippen molar-refractivity contribution >= 4 is 23.5 Å². The van der Waals surface area contributed by atoms with E-state index in [2.05, 4.69) is 4.98 Å². The van der Waals surface area contributed by atoms with Crippen molar-refractivity contribution in [2.75, 3.05) is 30.3 Å². The SMILES string of the molecule is CCCN(CCC)C(=O)CN1C(=O)C(C(C)C)Oc2ccc(N)nc21. The van der Waals surface area contributed by atoms with Crippen molar-refractivity contribution in [2.45, 2.75) is 46.6 Å². The lowest BCUT2D eigenvalue weighted by molar-refractivity contribution is -0.134. The normalized spacial score (nSPS) is 16.6. The number of nitrogens with zero attached hydrogens (tertiary/aromatic N) is 3. The fraction of sp³-hybridized carbons (Fsp3) is 0.611.